The minimum atomic E-state index is -4.17. The van der Waals surface area contributed by atoms with Crippen LogP contribution in [0.4, 0.5) is 0 Å². The van der Waals surface area contributed by atoms with Gasteiger partial charge in [-0.3, -0.25) is 14.2 Å². The summed E-state index contributed by atoms with van der Waals surface area (Å²) in [5.74, 6) is -1.05. The van der Waals surface area contributed by atoms with Crippen molar-refractivity contribution >= 4 is 19.2 Å². The van der Waals surface area contributed by atoms with E-state index in [2.05, 4.69) is 0 Å². The molecule has 0 aromatic carbocycles. The van der Waals surface area contributed by atoms with E-state index < -0.39 is 19.7 Å². The third-order valence-electron chi connectivity index (χ3n) is 2.04. The fourth-order valence-corrected chi connectivity index (χ4v) is 2.32. The van der Waals surface area contributed by atoms with Crippen molar-refractivity contribution in [1.82, 2.24) is 0 Å². The van der Waals surface area contributed by atoms with Gasteiger partial charge in [0.1, 0.15) is 11.6 Å². The Morgan fingerprint density at radius 1 is 1.31 bits per heavy atom. The van der Waals surface area contributed by atoms with Gasteiger partial charge in [-0.15, -0.1) is 0 Å². The summed E-state index contributed by atoms with van der Waals surface area (Å²) in [4.78, 5) is 39.3. The first-order chi connectivity index (χ1) is 5.88. The highest BCUT2D eigenvalue weighted by atomic mass is 31.2. The molecule has 6 heteroatoms. The fraction of sp³-hybridized carbons (Fsp3) is 0.714. The van der Waals surface area contributed by atoms with Crippen LogP contribution in [0.15, 0.2) is 0 Å². The summed E-state index contributed by atoms with van der Waals surface area (Å²) in [6.45, 7) is 0. The monoisotopic (exact) mass is 206 g/mol. The Morgan fingerprint density at radius 2 is 1.92 bits per heavy atom. The van der Waals surface area contributed by atoms with Crippen molar-refractivity contribution in [2.75, 3.05) is 6.16 Å². The van der Waals surface area contributed by atoms with Gasteiger partial charge < -0.3 is 9.79 Å². The molecule has 0 saturated heterocycles. The maximum atomic E-state index is 11.1. The molecule has 2 N–H and O–H groups in total. The summed E-state index contributed by atoms with van der Waals surface area (Å²) >= 11 is 0. The molecule has 13 heavy (non-hydrogen) atoms. The molecule has 1 atom stereocenters. The number of hydrogen-bond acceptors (Lipinski definition) is 3. The van der Waals surface area contributed by atoms with Gasteiger partial charge in [0.2, 0.25) is 0 Å². The van der Waals surface area contributed by atoms with E-state index in [4.69, 9.17) is 9.79 Å². The number of ketones is 2. The van der Waals surface area contributed by atoms with Crippen molar-refractivity contribution in [3.05, 3.63) is 0 Å². The molecule has 0 amide bonds. The standard InChI is InChI=1S/C7H11O5P/c8-6-1-2-7(9)5(3-6)4-13(10,11)12/h5H,1-4H2,(H2,10,11,12). The predicted octanol–water partition coefficient (Wildman–Crippen LogP) is 0.102. The number of carbonyl (C=O) groups is 2. The first-order valence-corrected chi connectivity index (χ1v) is 5.77. The van der Waals surface area contributed by atoms with Gasteiger partial charge in [-0.05, 0) is 0 Å². The van der Waals surface area contributed by atoms with Gasteiger partial charge in [0.15, 0.2) is 0 Å². The topological polar surface area (TPSA) is 91.7 Å². The van der Waals surface area contributed by atoms with Crippen LogP contribution in [0.1, 0.15) is 19.3 Å². The van der Waals surface area contributed by atoms with Crippen molar-refractivity contribution in [2.45, 2.75) is 19.3 Å². The lowest BCUT2D eigenvalue weighted by atomic mass is 9.88. The summed E-state index contributed by atoms with van der Waals surface area (Å²) < 4.78 is 10.6. The Kier molecular flexibility index (Phi) is 3.01. The van der Waals surface area contributed by atoms with Crippen LogP contribution in [-0.2, 0) is 14.2 Å². The van der Waals surface area contributed by atoms with E-state index >= 15 is 0 Å². The van der Waals surface area contributed by atoms with Crippen LogP contribution in [0.3, 0.4) is 0 Å². The number of rotatable bonds is 2. The lowest BCUT2D eigenvalue weighted by Crippen LogP contribution is -2.27. The molecule has 0 spiro atoms. The molecule has 1 saturated carbocycles. The van der Waals surface area contributed by atoms with Crippen molar-refractivity contribution in [2.24, 2.45) is 5.92 Å². The Labute approximate surface area is 75.3 Å². The lowest BCUT2D eigenvalue weighted by Gasteiger charge is -2.19. The van der Waals surface area contributed by atoms with Gasteiger partial charge in [0.25, 0.3) is 0 Å². The summed E-state index contributed by atoms with van der Waals surface area (Å²) in [6.07, 6.45) is -0.151. The van der Waals surface area contributed by atoms with Crippen LogP contribution >= 0.6 is 7.60 Å². The predicted molar refractivity (Wildman–Crippen MR) is 44.3 cm³/mol. The third kappa shape index (κ3) is 3.38. The van der Waals surface area contributed by atoms with Gasteiger partial charge in [-0.2, -0.15) is 0 Å². The average Bonchev–Trinajstić information content (AvgIpc) is 1.94. The highest BCUT2D eigenvalue weighted by Crippen LogP contribution is 2.39. The molecule has 1 aliphatic rings. The number of Topliss-reactive ketones (excluding diaryl/α,β-unsaturated/α-hetero) is 2. The Bertz CT molecular complexity index is 279. The van der Waals surface area contributed by atoms with Crippen LogP contribution in [0.2, 0.25) is 0 Å². The number of hydrogen-bond donors (Lipinski definition) is 2. The van der Waals surface area contributed by atoms with E-state index in [0.29, 0.717) is 0 Å². The SMILES string of the molecule is O=C1CCC(=O)C(CP(=O)(O)O)C1. The fourth-order valence-electron chi connectivity index (χ4n) is 1.41. The molecule has 1 fully saturated rings. The highest BCUT2D eigenvalue weighted by molar-refractivity contribution is 7.51. The van der Waals surface area contributed by atoms with Crippen molar-refractivity contribution in [3.63, 3.8) is 0 Å². The van der Waals surface area contributed by atoms with Gasteiger partial charge >= 0.3 is 7.60 Å². The van der Waals surface area contributed by atoms with Gasteiger partial charge in [0.05, 0.1) is 6.16 Å². The maximum Gasteiger partial charge on any atom is 0.326 e. The molecule has 1 unspecified atom stereocenters. The maximum absolute atomic E-state index is 11.1. The van der Waals surface area contributed by atoms with Gasteiger partial charge in [0, 0.05) is 25.2 Å². The molecule has 0 aromatic rings. The molecule has 74 valence electrons. The molecule has 0 bridgehead atoms. The van der Waals surface area contributed by atoms with E-state index in [-0.39, 0.29) is 30.8 Å². The zero-order chi connectivity index (χ0) is 10.1. The molecule has 5 nitrogen and oxygen atoms in total. The summed E-state index contributed by atoms with van der Waals surface area (Å²) in [5.41, 5.74) is 0. The largest absolute Gasteiger partial charge is 0.326 e. The summed E-state index contributed by atoms with van der Waals surface area (Å²) in [6, 6.07) is 0. The van der Waals surface area contributed by atoms with Crippen molar-refractivity contribution in [3.8, 4) is 0 Å². The van der Waals surface area contributed by atoms with Crippen molar-refractivity contribution < 1.29 is 23.9 Å². The van der Waals surface area contributed by atoms with Gasteiger partial charge in [-0.25, -0.2) is 0 Å². The van der Waals surface area contributed by atoms with Crippen molar-refractivity contribution in [1.29, 1.82) is 0 Å². The molecule has 1 rings (SSSR count). The Hall–Kier alpha value is -0.510. The normalized spacial score (nSPS) is 24.9. The second-order valence-corrected chi connectivity index (χ2v) is 4.95. The zero-order valence-electron chi connectivity index (χ0n) is 6.97. The van der Waals surface area contributed by atoms with E-state index in [1.165, 1.54) is 0 Å². The Morgan fingerprint density at radius 3 is 2.46 bits per heavy atom. The minimum absolute atomic E-state index is 0.00998. The molecule has 1 aliphatic carbocycles. The molecular formula is C7H11O5P. The zero-order valence-corrected chi connectivity index (χ0v) is 7.87. The Balaban J connectivity index is 2.62. The highest BCUT2D eigenvalue weighted by Gasteiger charge is 2.32. The average molecular weight is 206 g/mol. The third-order valence-corrected chi connectivity index (χ3v) is 2.95. The lowest BCUT2D eigenvalue weighted by molar-refractivity contribution is -0.132. The first-order valence-electron chi connectivity index (χ1n) is 3.97. The van der Waals surface area contributed by atoms with Crippen LogP contribution in [-0.4, -0.2) is 27.5 Å². The summed E-state index contributed by atoms with van der Waals surface area (Å²) in [5, 5.41) is 0. The first kappa shape index (κ1) is 10.6. The molecule has 0 aromatic heterocycles. The second kappa shape index (κ2) is 3.70. The molecular weight excluding hydrogens is 195 g/mol. The van der Waals surface area contributed by atoms with E-state index in [9.17, 15) is 14.2 Å². The van der Waals surface area contributed by atoms with Crippen LogP contribution in [0, 0.1) is 5.92 Å². The smallest absolute Gasteiger partial charge is 0.324 e. The van der Waals surface area contributed by atoms with E-state index in [1.807, 2.05) is 0 Å². The van der Waals surface area contributed by atoms with Crippen LogP contribution < -0.4 is 0 Å². The molecule has 0 aliphatic heterocycles. The van der Waals surface area contributed by atoms with E-state index in [0.717, 1.165) is 0 Å². The van der Waals surface area contributed by atoms with Crippen LogP contribution in [0.5, 0.6) is 0 Å². The second-order valence-electron chi connectivity index (χ2n) is 3.25. The quantitative estimate of drug-likeness (QED) is 0.625. The molecule has 0 heterocycles. The summed E-state index contributed by atoms with van der Waals surface area (Å²) in [7, 11) is -4.17. The van der Waals surface area contributed by atoms with E-state index in [1.54, 1.807) is 0 Å². The number of carbonyl (C=O) groups excluding carboxylic acids is 2. The van der Waals surface area contributed by atoms with Gasteiger partial charge in [-0.1, -0.05) is 0 Å². The molecule has 0 radical (unpaired) electrons. The minimum Gasteiger partial charge on any atom is -0.324 e. The van der Waals surface area contributed by atoms with Crippen LogP contribution in [0.25, 0.3) is 0 Å².